The Kier molecular flexibility index (Phi) is 3.19. The van der Waals surface area contributed by atoms with Gasteiger partial charge in [0, 0.05) is 30.9 Å². The van der Waals surface area contributed by atoms with Crippen LogP contribution in [0, 0.1) is 0 Å². The Hall–Kier alpha value is -3.03. The lowest BCUT2D eigenvalue weighted by Crippen LogP contribution is -2.09. The van der Waals surface area contributed by atoms with Crippen molar-refractivity contribution in [2.75, 3.05) is 7.11 Å². The van der Waals surface area contributed by atoms with E-state index >= 15 is 0 Å². The zero-order valence-electron chi connectivity index (χ0n) is 11.4. The topological polar surface area (TPSA) is 98.6 Å². The second-order valence-electron chi connectivity index (χ2n) is 4.33. The first-order valence-corrected chi connectivity index (χ1v) is 6.12. The van der Waals surface area contributed by atoms with Crippen LogP contribution >= 0.6 is 0 Å². The van der Waals surface area contributed by atoms with Gasteiger partial charge in [-0.3, -0.25) is 9.48 Å². The van der Waals surface area contributed by atoms with Crippen molar-refractivity contribution < 1.29 is 4.74 Å². The summed E-state index contributed by atoms with van der Waals surface area (Å²) in [5.41, 5.74) is 1.49. The zero-order valence-corrected chi connectivity index (χ0v) is 11.4. The SMILES string of the molecule is COc1cc(-c2nc(-c3cnn(C)c3)cc(=O)[nH]2)ncn1. The number of methoxy groups -OCH3 is 1. The van der Waals surface area contributed by atoms with Crippen LogP contribution in [0.3, 0.4) is 0 Å². The van der Waals surface area contributed by atoms with Crippen LogP contribution < -0.4 is 10.3 Å². The molecule has 3 aromatic rings. The van der Waals surface area contributed by atoms with Crippen LogP contribution in [0.4, 0.5) is 0 Å². The molecule has 8 nitrogen and oxygen atoms in total. The van der Waals surface area contributed by atoms with E-state index in [1.165, 1.54) is 19.5 Å². The normalized spacial score (nSPS) is 10.6. The van der Waals surface area contributed by atoms with Gasteiger partial charge in [0.1, 0.15) is 12.0 Å². The van der Waals surface area contributed by atoms with Crippen molar-refractivity contribution in [1.29, 1.82) is 0 Å². The van der Waals surface area contributed by atoms with Gasteiger partial charge in [-0.25, -0.2) is 15.0 Å². The van der Waals surface area contributed by atoms with Gasteiger partial charge in [0.25, 0.3) is 5.56 Å². The van der Waals surface area contributed by atoms with E-state index in [4.69, 9.17) is 4.74 Å². The Morgan fingerprint density at radius 3 is 2.81 bits per heavy atom. The molecule has 0 radical (unpaired) electrons. The molecule has 8 heteroatoms. The summed E-state index contributed by atoms with van der Waals surface area (Å²) in [6.07, 6.45) is 4.78. The molecule has 0 saturated carbocycles. The largest absolute Gasteiger partial charge is 0.481 e. The molecule has 0 fully saturated rings. The highest BCUT2D eigenvalue weighted by molar-refractivity contribution is 5.60. The average Bonchev–Trinajstić information content (AvgIpc) is 2.93. The van der Waals surface area contributed by atoms with E-state index in [1.54, 1.807) is 30.2 Å². The number of hydrogen-bond acceptors (Lipinski definition) is 6. The summed E-state index contributed by atoms with van der Waals surface area (Å²) in [6.45, 7) is 0. The highest BCUT2D eigenvalue weighted by Crippen LogP contribution is 2.19. The molecule has 0 saturated heterocycles. The lowest BCUT2D eigenvalue weighted by atomic mass is 10.2. The molecule has 0 aliphatic heterocycles. The summed E-state index contributed by atoms with van der Waals surface area (Å²) < 4.78 is 6.68. The van der Waals surface area contributed by atoms with Gasteiger partial charge in [-0.05, 0) is 0 Å². The molecule has 21 heavy (non-hydrogen) atoms. The third kappa shape index (κ3) is 2.64. The number of rotatable bonds is 3. The highest BCUT2D eigenvalue weighted by atomic mass is 16.5. The van der Waals surface area contributed by atoms with Crippen LogP contribution in [0.1, 0.15) is 0 Å². The van der Waals surface area contributed by atoms with Crippen LogP contribution in [0.2, 0.25) is 0 Å². The summed E-state index contributed by atoms with van der Waals surface area (Å²) in [7, 11) is 3.31. The molecule has 3 rings (SSSR count). The number of aromatic amines is 1. The van der Waals surface area contributed by atoms with Crippen molar-refractivity contribution in [2.45, 2.75) is 0 Å². The molecule has 1 N–H and O–H groups in total. The maximum atomic E-state index is 11.8. The fourth-order valence-corrected chi connectivity index (χ4v) is 1.86. The Bertz CT molecular complexity index is 838. The van der Waals surface area contributed by atoms with Crippen molar-refractivity contribution >= 4 is 0 Å². The number of H-pyrrole nitrogens is 1. The first kappa shape index (κ1) is 13.0. The molecule has 0 aromatic carbocycles. The van der Waals surface area contributed by atoms with Crippen molar-refractivity contribution in [1.82, 2.24) is 29.7 Å². The van der Waals surface area contributed by atoms with Gasteiger partial charge in [-0.15, -0.1) is 0 Å². The average molecular weight is 284 g/mol. The minimum absolute atomic E-state index is 0.267. The summed E-state index contributed by atoms with van der Waals surface area (Å²) in [5.74, 6) is 0.747. The van der Waals surface area contributed by atoms with Crippen molar-refractivity contribution in [3.63, 3.8) is 0 Å². The molecule has 0 unspecified atom stereocenters. The van der Waals surface area contributed by atoms with Crippen LogP contribution in [0.15, 0.2) is 35.6 Å². The highest BCUT2D eigenvalue weighted by Gasteiger charge is 2.09. The van der Waals surface area contributed by atoms with E-state index in [1.807, 2.05) is 0 Å². The van der Waals surface area contributed by atoms with Gasteiger partial charge >= 0.3 is 0 Å². The number of ether oxygens (including phenoxy) is 1. The van der Waals surface area contributed by atoms with Gasteiger partial charge in [-0.2, -0.15) is 5.10 Å². The maximum absolute atomic E-state index is 11.8. The smallest absolute Gasteiger partial charge is 0.251 e. The lowest BCUT2D eigenvalue weighted by molar-refractivity contribution is 0.397. The number of aryl methyl sites for hydroxylation is 1. The zero-order chi connectivity index (χ0) is 14.8. The van der Waals surface area contributed by atoms with Crippen LogP contribution in [-0.2, 0) is 7.05 Å². The van der Waals surface area contributed by atoms with E-state index in [0.717, 1.165) is 5.56 Å². The first-order valence-electron chi connectivity index (χ1n) is 6.12. The van der Waals surface area contributed by atoms with E-state index < -0.39 is 0 Å². The second-order valence-corrected chi connectivity index (χ2v) is 4.33. The van der Waals surface area contributed by atoms with E-state index in [0.29, 0.717) is 23.1 Å². The standard InChI is InChI=1S/C13H12N6O2/c1-19-6-8(5-16-19)9-3-11(20)18-13(17-9)10-4-12(21-2)15-7-14-10/h3-7H,1-2H3,(H,17,18,20). The number of aromatic nitrogens is 6. The summed E-state index contributed by atoms with van der Waals surface area (Å²) in [4.78, 5) is 26.9. The van der Waals surface area contributed by atoms with E-state index in [2.05, 4.69) is 25.0 Å². The second kappa shape index (κ2) is 5.16. The molecule has 0 spiro atoms. The van der Waals surface area contributed by atoms with E-state index in [-0.39, 0.29) is 5.56 Å². The molecule has 0 atom stereocenters. The lowest BCUT2D eigenvalue weighted by Gasteiger charge is -2.03. The number of nitrogens with one attached hydrogen (secondary N) is 1. The third-order valence-corrected chi connectivity index (χ3v) is 2.84. The van der Waals surface area contributed by atoms with Crippen LogP contribution in [0.5, 0.6) is 5.88 Å². The molecule has 106 valence electrons. The van der Waals surface area contributed by atoms with Crippen LogP contribution in [0.25, 0.3) is 22.8 Å². The Morgan fingerprint density at radius 1 is 1.24 bits per heavy atom. The monoisotopic (exact) mass is 284 g/mol. The van der Waals surface area contributed by atoms with Gasteiger partial charge in [0.2, 0.25) is 5.88 Å². The Labute approximate surface area is 119 Å². The molecule has 3 aromatic heterocycles. The fourth-order valence-electron chi connectivity index (χ4n) is 1.86. The predicted octanol–water partition coefficient (Wildman–Crippen LogP) is 0.636. The molecule has 0 aliphatic rings. The maximum Gasteiger partial charge on any atom is 0.251 e. The van der Waals surface area contributed by atoms with Crippen molar-refractivity contribution in [3.05, 3.63) is 41.2 Å². The summed E-state index contributed by atoms with van der Waals surface area (Å²) in [6, 6.07) is 3.02. The molecule has 0 amide bonds. The number of hydrogen-bond donors (Lipinski definition) is 1. The van der Waals surface area contributed by atoms with Crippen molar-refractivity contribution in [2.24, 2.45) is 7.05 Å². The third-order valence-electron chi connectivity index (χ3n) is 2.84. The molecule has 0 bridgehead atoms. The fraction of sp³-hybridized carbons (Fsp3) is 0.154. The van der Waals surface area contributed by atoms with Gasteiger partial charge < -0.3 is 9.72 Å². The first-order chi connectivity index (χ1) is 10.2. The molecule has 3 heterocycles. The predicted molar refractivity (Wildman–Crippen MR) is 74.6 cm³/mol. The summed E-state index contributed by atoms with van der Waals surface area (Å²) in [5, 5.41) is 4.07. The van der Waals surface area contributed by atoms with Gasteiger partial charge in [0.15, 0.2) is 5.82 Å². The quantitative estimate of drug-likeness (QED) is 0.757. The Balaban J connectivity index is 2.11. The molecular weight excluding hydrogens is 272 g/mol. The van der Waals surface area contributed by atoms with Crippen molar-refractivity contribution in [3.8, 4) is 28.7 Å². The van der Waals surface area contributed by atoms with E-state index in [9.17, 15) is 4.79 Å². The molecule has 0 aliphatic carbocycles. The van der Waals surface area contributed by atoms with Gasteiger partial charge in [0.05, 0.1) is 19.0 Å². The number of nitrogens with zero attached hydrogens (tertiary/aromatic N) is 5. The van der Waals surface area contributed by atoms with Crippen LogP contribution in [-0.4, -0.2) is 36.8 Å². The summed E-state index contributed by atoms with van der Waals surface area (Å²) >= 11 is 0. The minimum Gasteiger partial charge on any atom is -0.481 e. The molecular formula is C13H12N6O2. The van der Waals surface area contributed by atoms with Gasteiger partial charge in [-0.1, -0.05) is 0 Å². The Morgan fingerprint density at radius 2 is 2.10 bits per heavy atom. The minimum atomic E-state index is -0.267.